The van der Waals surface area contributed by atoms with Crippen molar-refractivity contribution in [2.75, 3.05) is 26.2 Å². The third-order valence-corrected chi connectivity index (χ3v) is 5.09. The number of amides is 1. The van der Waals surface area contributed by atoms with Crippen molar-refractivity contribution in [3.8, 4) is 0 Å². The van der Waals surface area contributed by atoms with E-state index in [1.54, 1.807) is 0 Å². The number of benzene rings is 2. The second-order valence-corrected chi connectivity index (χ2v) is 6.86. The minimum absolute atomic E-state index is 0.395. The minimum Gasteiger partial charge on any atom is -0.337 e. The Balaban J connectivity index is 1.72. The number of aromatic nitrogens is 2. The van der Waals surface area contributed by atoms with Gasteiger partial charge in [-0.1, -0.05) is 50.2 Å². The van der Waals surface area contributed by atoms with Gasteiger partial charge in [-0.25, -0.2) is 14.2 Å². The molecular weight excluding hydrogens is 352 g/mol. The highest BCUT2D eigenvalue weighted by Crippen LogP contribution is 2.14. The molecule has 28 heavy (non-hydrogen) atoms. The van der Waals surface area contributed by atoms with Gasteiger partial charge >= 0.3 is 11.7 Å². The number of hydrogen-bond acceptors (Lipinski definition) is 3. The van der Waals surface area contributed by atoms with Crippen LogP contribution in [0.4, 0.5) is 4.79 Å². The topological polar surface area (TPSA) is 70.1 Å². The molecule has 6 heteroatoms. The average Bonchev–Trinajstić information content (AvgIpc) is 3.04. The summed E-state index contributed by atoms with van der Waals surface area (Å²) in [4.78, 5) is 30.1. The maximum absolute atomic E-state index is 12.6. The Labute approximate surface area is 165 Å². The van der Waals surface area contributed by atoms with Gasteiger partial charge in [0, 0.05) is 13.1 Å². The highest BCUT2D eigenvalue weighted by atomic mass is 16.2. The van der Waals surface area contributed by atoms with E-state index in [4.69, 9.17) is 0 Å². The Morgan fingerprint density at radius 3 is 2.50 bits per heavy atom. The van der Waals surface area contributed by atoms with Crippen molar-refractivity contribution in [2.45, 2.75) is 26.7 Å². The zero-order valence-corrected chi connectivity index (χ0v) is 16.6. The molecule has 1 heterocycles. The van der Waals surface area contributed by atoms with Crippen LogP contribution in [-0.2, 0) is 12.8 Å². The number of imidazole rings is 1. The molecule has 3 aromatic rings. The molecule has 1 aromatic heterocycles. The van der Waals surface area contributed by atoms with Gasteiger partial charge in [0.25, 0.3) is 0 Å². The number of carbonyl (C=O) groups is 1. The van der Waals surface area contributed by atoms with Crippen LogP contribution in [0.2, 0.25) is 0 Å². The first-order valence-electron chi connectivity index (χ1n) is 9.90. The van der Waals surface area contributed by atoms with Gasteiger partial charge in [0.2, 0.25) is 0 Å². The molecule has 0 fully saturated rings. The number of likely N-dealkylation sites (N-methyl/N-ethyl adjacent to an activating group) is 1. The quantitative estimate of drug-likeness (QED) is 0.631. The van der Waals surface area contributed by atoms with Crippen molar-refractivity contribution in [2.24, 2.45) is 0 Å². The van der Waals surface area contributed by atoms with E-state index in [1.165, 1.54) is 4.57 Å². The summed E-state index contributed by atoms with van der Waals surface area (Å²) in [6.07, 6.45) is 1.60. The van der Waals surface area contributed by atoms with Crippen LogP contribution < -0.4 is 11.0 Å². The van der Waals surface area contributed by atoms with Gasteiger partial charge in [0.05, 0.1) is 11.0 Å². The van der Waals surface area contributed by atoms with E-state index < -0.39 is 11.7 Å². The Bertz CT molecular complexity index is 971. The molecule has 0 unspecified atom stereocenters. The van der Waals surface area contributed by atoms with E-state index in [-0.39, 0.29) is 0 Å². The number of fused-ring (bicyclic) bond motifs is 1. The lowest BCUT2D eigenvalue weighted by Crippen LogP contribution is -2.36. The number of carbonyl (C=O) groups excluding carboxylic acids is 1. The zero-order chi connectivity index (χ0) is 19.9. The normalized spacial score (nSPS) is 11.2. The number of aromatic amines is 1. The predicted molar refractivity (Wildman–Crippen MR) is 113 cm³/mol. The summed E-state index contributed by atoms with van der Waals surface area (Å²) in [5.41, 5.74) is 3.15. The standard InChI is InChI=1S/C22H28N4O2/c1-3-25(4-2)15-13-18-10-11-19-20(16-18)26(22(28)24-19)21(27)23-14-12-17-8-6-5-7-9-17/h5-11,16H,3-4,12-15H2,1-2H3,(H,23,27)(H,24,28). The fourth-order valence-corrected chi connectivity index (χ4v) is 3.37. The van der Waals surface area contributed by atoms with Gasteiger partial charge < -0.3 is 15.2 Å². The van der Waals surface area contributed by atoms with Crippen molar-refractivity contribution >= 4 is 17.1 Å². The molecule has 0 radical (unpaired) electrons. The molecule has 1 amide bonds. The first-order chi connectivity index (χ1) is 13.6. The molecule has 0 saturated heterocycles. The van der Waals surface area contributed by atoms with Crippen LogP contribution in [0.15, 0.2) is 53.3 Å². The predicted octanol–water partition coefficient (Wildman–Crippen LogP) is 3.01. The van der Waals surface area contributed by atoms with E-state index in [1.807, 2.05) is 48.5 Å². The van der Waals surface area contributed by atoms with E-state index in [0.717, 1.165) is 43.6 Å². The molecule has 0 saturated carbocycles. The highest BCUT2D eigenvalue weighted by Gasteiger charge is 2.14. The number of H-pyrrole nitrogens is 1. The molecule has 148 valence electrons. The van der Waals surface area contributed by atoms with Crippen molar-refractivity contribution in [3.63, 3.8) is 0 Å². The summed E-state index contributed by atoms with van der Waals surface area (Å²) in [6, 6.07) is 15.4. The minimum atomic E-state index is -0.409. The Hall–Kier alpha value is -2.86. The molecular formula is C22H28N4O2. The lowest BCUT2D eigenvalue weighted by Gasteiger charge is -2.17. The molecule has 2 aromatic carbocycles. The molecule has 0 aliphatic carbocycles. The number of nitrogens with one attached hydrogen (secondary N) is 2. The van der Waals surface area contributed by atoms with E-state index in [9.17, 15) is 9.59 Å². The van der Waals surface area contributed by atoms with Gasteiger partial charge in [0.1, 0.15) is 0 Å². The molecule has 6 nitrogen and oxygen atoms in total. The van der Waals surface area contributed by atoms with Crippen LogP contribution >= 0.6 is 0 Å². The second kappa shape index (κ2) is 9.37. The molecule has 0 atom stereocenters. The first-order valence-corrected chi connectivity index (χ1v) is 9.90. The summed E-state index contributed by atoms with van der Waals surface area (Å²) in [7, 11) is 0. The van der Waals surface area contributed by atoms with Crippen molar-refractivity contribution < 1.29 is 4.79 Å². The van der Waals surface area contributed by atoms with Crippen LogP contribution in [0, 0.1) is 0 Å². The van der Waals surface area contributed by atoms with E-state index >= 15 is 0 Å². The Morgan fingerprint density at radius 1 is 1.04 bits per heavy atom. The van der Waals surface area contributed by atoms with Gasteiger partial charge in [-0.05, 0) is 49.2 Å². The smallest absolute Gasteiger partial charge is 0.334 e. The summed E-state index contributed by atoms with van der Waals surface area (Å²) in [5.74, 6) is 0. The van der Waals surface area contributed by atoms with Crippen LogP contribution in [0.25, 0.3) is 11.0 Å². The van der Waals surface area contributed by atoms with E-state index in [2.05, 4.69) is 29.0 Å². The van der Waals surface area contributed by atoms with Crippen molar-refractivity contribution in [1.29, 1.82) is 0 Å². The number of nitrogens with zero attached hydrogens (tertiary/aromatic N) is 2. The van der Waals surface area contributed by atoms with Crippen LogP contribution in [0.1, 0.15) is 25.0 Å². The largest absolute Gasteiger partial charge is 0.337 e. The number of hydrogen-bond donors (Lipinski definition) is 2. The molecule has 0 bridgehead atoms. The first kappa shape index (κ1) is 19.9. The van der Waals surface area contributed by atoms with Crippen molar-refractivity contribution in [1.82, 2.24) is 19.8 Å². The third-order valence-electron chi connectivity index (χ3n) is 5.09. The van der Waals surface area contributed by atoms with Gasteiger partial charge in [-0.3, -0.25) is 0 Å². The summed E-state index contributed by atoms with van der Waals surface area (Å²) in [5, 5.41) is 2.85. The number of rotatable bonds is 8. The Kier molecular flexibility index (Phi) is 6.66. The maximum atomic E-state index is 12.6. The maximum Gasteiger partial charge on any atom is 0.334 e. The fraction of sp³-hybridized carbons (Fsp3) is 0.364. The summed E-state index contributed by atoms with van der Waals surface area (Å²) in [6.45, 7) is 7.75. The highest BCUT2D eigenvalue weighted by molar-refractivity contribution is 5.89. The third kappa shape index (κ3) is 4.70. The molecule has 3 rings (SSSR count). The molecule has 0 aliphatic rings. The van der Waals surface area contributed by atoms with E-state index in [0.29, 0.717) is 17.6 Å². The summed E-state index contributed by atoms with van der Waals surface area (Å²) < 4.78 is 1.20. The fourth-order valence-electron chi connectivity index (χ4n) is 3.37. The SMILES string of the molecule is CCN(CC)CCc1ccc2[nH]c(=O)n(C(=O)NCCc3ccccc3)c2c1. The summed E-state index contributed by atoms with van der Waals surface area (Å²) >= 11 is 0. The molecule has 0 spiro atoms. The Morgan fingerprint density at radius 2 is 1.79 bits per heavy atom. The zero-order valence-electron chi connectivity index (χ0n) is 16.6. The lowest BCUT2D eigenvalue weighted by molar-refractivity contribution is 0.242. The molecule has 2 N–H and O–H groups in total. The van der Waals surface area contributed by atoms with Crippen molar-refractivity contribution in [3.05, 3.63) is 70.1 Å². The monoisotopic (exact) mass is 380 g/mol. The lowest BCUT2D eigenvalue weighted by atomic mass is 10.1. The van der Waals surface area contributed by atoms with Crippen LogP contribution in [0.3, 0.4) is 0 Å². The van der Waals surface area contributed by atoms with Gasteiger partial charge in [-0.15, -0.1) is 0 Å². The van der Waals surface area contributed by atoms with Gasteiger partial charge in [0.15, 0.2) is 0 Å². The van der Waals surface area contributed by atoms with Gasteiger partial charge in [-0.2, -0.15) is 0 Å². The average molecular weight is 380 g/mol. The second-order valence-electron chi connectivity index (χ2n) is 6.86. The van der Waals surface area contributed by atoms with Crippen LogP contribution in [0.5, 0.6) is 0 Å². The molecule has 0 aliphatic heterocycles. The van der Waals surface area contributed by atoms with Crippen LogP contribution in [-0.4, -0.2) is 46.7 Å².